The molecule has 1 aliphatic rings. The smallest absolute Gasteiger partial charge is 0.326 e. The van der Waals surface area contributed by atoms with E-state index in [2.05, 4.69) is 10.6 Å². The molecule has 0 radical (unpaired) electrons. The minimum Gasteiger partial charge on any atom is -0.480 e. The third-order valence-corrected chi connectivity index (χ3v) is 3.36. The van der Waals surface area contributed by atoms with Gasteiger partial charge >= 0.3 is 5.97 Å². The molecule has 2 atom stereocenters. The van der Waals surface area contributed by atoms with E-state index in [1.54, 1.807) is 13.8 Å². The third-order valence-electron chi connectivity index (χ3n) is 3.36. The molecular weight excluding hydrogens is 220 g/mol. The first kappa shape index (κ1) is 14.0. The predicted octanol–water partition coefficient (Wildman–Crippen LogP) is 0.601. The minimum absolute atomic E-state index is 0.114. The van der Waals surface area contributed by atoms with Gasteiger partial charge in [0.2, 0.25) is 5.91 Å². The van der Waals surface area contributed by atoms with E-state index in [-0.39, 0.29) is 11.8 Å². The Morgan fingerprint density at radius 2 is 2.06 bits per heavy atom. The van der Waals surface area contributed by atoms with Crippen LogP contribution in [0.5, 0.6) is 0 Å². The molecule has 0 spiro atoms. The quantitative estimate of drug-likeness (QED) is 0.674. The molecule has 1 heterocycles. The normalized spacial score (nSPS) is 26.6. The summed E-state index contributed by atoms with van der Waals surface area (Å²) < 4.78 is 0. The summed E-state index contributed by atoms with van der Waals surface area (Å²) in [6.07, 6.45) is 1.75. The maximum atomic E-state index is 12.1. The molecule has 0 aliphatic carbocycles. The highest BCUT2D eigenvalue weighted by molar-refractivity contribution is 5.87. The molecule has 1 aliphatic heterocycles. The highest BCUT2D eigenvalue weighted by atomic mass is 16.4. The summed E-state index contributed by atoms with van der Waals surface area (Å²) >= 11 is 0. The van der Waals surface area contributed by atoms with Crippen LogP contribution in [0.2, 0.25) is 0 Å². The summed E-state index contributed by atoms with van der Waals surface area (Å²) in [5, 5.41) is 14.9. The highest BCUT2D eigenvalue weighted by Gasteiger charge is 2.37. The molecule has 1 amide bonds. The van der Waals surface area contributed by atoms with Gasteiger partial charge in [0, 0.05) is 6.54 Å². The zero-order valence-corrected chi connectivity index (χ0v) is 10.7. The van der Waals surface area contributed by atoms with Gasteiger partial charge in [-0.25, -0.2) is 4.79 Å². The van der Waals surface area contributed by atoms with E-state index in [0.29, 0.717) is 6.54 Å². The fourth-order valence-electron chi connectivity index (χ4n) is 2.08. The van der Waals surface area contributed by atoms with Gasteiger partial charge in [0.25, 0.3) is 0 Å². The number of nitrogens with one attached hydrogen (secondary N) is 2. The Kier molecular flexibility index (Phi) is 4.51. The fourth-order valence-corrected chi connectivity index (χ4v) is 2.08. The second-order valence-electron chi connectivity index (χ2n) is 5.37. The first-order valence-electron chi connectivity index (χ1n) is 6.11. The number of carbonyl (C=O) groups is 2. The lowest BCUT2D eigenvalue weighted by molar-refractivity contribution is -0.145. The van der Waals surface area contributed by atoms with Crippen LogP contribution < -0.4 is 10.6 Å². The van der Waals surface area contributed by atoms with Gasteiger partial charge in [-0.05, 0) is 32.2 Å². The van der Waals surface area contributed by atoms with Crippen LogP contribution in [0.1, 0.15) is 33.6 Å². The van der Waals surface area contributed by atoms with Crippen molar-refractivity contribution in [3.63, 3.8) is 0 Å². The maximum absolute atomic E-state index is 12.1. The van der Waals surface area contributed by atoms with E-state index in [1.165, 1.54) is 0 Å². The van der Waals surface area contributed by atoms with Crippen LogP contribution in [0.15, 0.2) is 0 Å². The summed E-state index contributed by atoms with van der Waals surface area (Å²) in [4.78, 5) is 23.2. The van der Waals surface area contributed by atoms with Gasteiger partial charge in [-0.1, -0.05) is 13.8 Å². The largest absolute Gasteiger partial charge is 0.480 e. The van der Waals surface area contributed by atoms with Gasteiger partial charge in [0.1, 0.15) is 6.04 Å². The van der Waals surface area contributed by atoms with E-state index in [1.807, 2.05) is 6.92 Å². The van der Waals surface area contributed by atoms with Gasteiger partial charge in [-0.3, -0.25) is 4.79 Å². The summed E-state index contributed by atoms with van der Waals surface area (Å²) in [6.45, 7) is 7.01. The van der Waals surface area contributed by atoms with Crippen molar-refractivity contribution in [1.29, 1.82) is 0 Å². The van der Waals surface area contributed by atoms with Crippen molar-refractivity contribution in [1.82, 2.24) is 10.6 Å². The Balaban J connectivity index is 2.66. The van der Waals surface area contributed by atoms with Gasteiger partial charge < -0.3 is 15.7 Å². The third kappa shape index (κ3) is 3.43. The first-order chi connectivity index (χ1) is 7.87. The first-order valence-corrected chi connectivity index (χ1v) is 6.11. The second-order valence-corrected chi connectivity index (χ2v) is 5.37. The van der Waals surface area contributed by atoms with Crippen LogP contribution in [0.3, 0.4) is 0 Å². The molecule has 17 heavy (non-hydrogen) atoms. The Labute approximate surface area is 102 Å². The molecular formula is C12H22N2O3. The van der Waals surface area contributed by atoms with Crippen molar-refractivity contribution in [2.24, 2.45) is 11.3 Å². The van der Waals surface area contributed by atoms with Crippen LogP contribution >= 0.6 is 0 Å². The number of piperidine rings is 1. The molecule has 0 bridgehead atoms. The summed E-state index contributed by atoms with van der Waals surface area (Å²) in [5.41, 5.74) is -0.485. The standard InChI is InChI=1S/C12H22N2O3/c1-8(2)9(10(15)16)14-11(17)12(3)5-4-6-13-7-12/h8-9,13H,4-7H2,1-3H3,(H,14,17)(H,15,16). The molecule has 0 aromatic carbocycles. The number of aliphatic carboxylic acids is 1. The van der Waals surface area contributed by atoms with Crippen LogP contribution in [0.4, 0.5) is 0 Å². The van der Waals surface area contributed by atoms with Gasteiger partial charge in [-0.15, -0.1) is 0 Å². The zero-order valence-electron chi connectivity index (χ0n) is 10.7. The number of carboxylic acid groups (broad SMARTS) is 1. The molecule has 0 aromatic rings. The number of hydrogen-bond donors (Lipinski definition) is 3. The van der Waals surface area contributed by atoms with Gasteiger partial charge in [0.15, 0.2) is 0 Å². The maximum Gasteiger partial charge on any atom is 0.326 e. The number of rotatable bonds is 4. The van der Waals surface area contributed by atoms with Crippen LogP contribution in [-0.2, 0) is 9.59 Å². The van der Waals surface area contributed by atoms with Crippen molar-refractivity contribution < 1.29 is 14.7 Å². The second kappa shape index (κ2) is 5.49. The van der Waals surface area contributed by atoms with Crippen molar-refractivity contribution in [2.75, 3.05) is 13.1 Å². The Hall–Kier alpha value is -1.10. The van der Waals surface area contributed by atoms with E-state index in [4.69, 9.17) is 5.11 Å². The highest BCUT2D eigenvalue weighted by Crippen LogP contribution is 2.25. The lowest BCUT2D eigenvalue weighted by Crippen LogP contribution is -2.54. The lowest BCUT2D eigenvalue weighted by Gasteiger charge is -2.34. The molecule has 0 aromatic heterocycles. The SMILES string of the molecule is CC(C)C(NC(=O)C1(C)CCCNC1)C(=O)O. The molecule has 3 N–H and O–H groups in total. The minimum atomic E-state index is -0.972. The molecule has 2 unspecified atom stereocenters. The van der Waals surface area contributed by atoms with Crippen LogP contribution in [0.25, 0.3) is 0 Å². The molecule has 5 heteroatoms. The van der Waals surface area contributed by atoms with Gasteiger partial charge in [-0.2, -0.15) is 0 Å². The average Bonchev–Trinajstić information content (AvgIpc) is 2.25. The van der Waals surface area contributed by atoms with Gasteiger partial charge in [0.05, 0.1) is 5.41 Å². The van der Waals surface area contributed by atoms with Crippen molar-refractivity contribution >= 4 is 11.9 Å². The van der Waals surface area contributed by atoms with Crippen molar-refractivity contribution in [2.45, 2.75) is 39.7 Å². The summed E-state index contributed by atoms with van der Waals surface area (Å²) in [7, 11) is 0. The molecule has 0 saturated carbocycles. The van der Waals surface area contributed by atoms with E-state index >= 15 is 0 Å². The number of carbonyl (C=O) groups excluding carboxylic acids is 1. The molecule has 98 valence electrons. The Morgan fingerprint density at radius 1 is 1.41 bits per heavy atom. The number of amides is 1. The summed E-state index contributed by atoms with van der Waals surface area (Å²) in [5.74, 6) is -1.25. The van der Waals surface area contributed by atoms with Crippen molar-refractivity contribution in [3.8, 4) is 0 Å². The monoisotopic (exact) mass is 242 g/mol. The van der Waals surface area contributed by atoms with E-state index in [0.717, 1.165) is 19.4 Å². The predicted molar refractivity (Wildman–Crippen MR) is 64.6 cm³/mol. The lowest BCUT2D eigenvalue weighted by atomic mass is 9.81. The van der Waals surface area contributed by atoms with E-state index in [9.17, 15) is 9.59 Å². The topological polar surface area (TPSA) is 78.4 Å². The molecule has 1 rings (SSSR count). The zero-order chi connectivity index (χ0) is 13.1. The van der Waals surface area contributed by atoms with Crippen molar-refractivity contribution in [3.05, 3.63) is 0 Å². The molecule has 1 fully saturated rings. The fraction of sp³-hybridized carbons (Fsp3) is 0.833. The van der Waals surface area contributed by atoms with Crippen LogP contribution in [-0.4, -0.2) is 36.1 Å². The van der Waals surface area contributed by atoms with Crippen LogP contribution in [0, 0.1) is 11.3 Å². The number of carboxylic acids is 1. The summed E-state index contributed by atoms with van der Waals surface area (Å²) in [6, 6.07) is -0.804. The Morgan fingerprint density at radius 3 is 2.47 bits per heavy atom. The molecule has 5 nitrogen and oxygen atoms in total. The van der Waals surface area contributed by atoms with E-state index < -0.39 is 17.4 Å². The Bertz CT molecular complexity index is 296. The average molecular weight is 242 g/mol. The molecule has 1 saturated heterocycles. The number of hydrogen-bond acceptors (Lipinski definition) is 3.